The van der Waals surface area contributed by atoms with Gasteiger partial charge in [0, 0.05) is 5.56 Å². The quantitative estimate of drug-likeness (QED) is 0.785. The predicted octanol–water partition coefficient (Wildman–Crippen LogP) is 2.95. The predicted molar refractivity (Wildman–Crippen MR) is 80.9 cm³/mol. The first kappa shape index (κ1) is 16.7. The molecular formula is C13H18ClNO4S. The first-order chi connectivity index (χ1) is 9.24. The zero-order valence-electron chi connectivity index (χ0n) is 11.7. The lowest BCUT2D eigenvalue weighted by Gasteiger charge is -2.15. The van der Waals surface area contributed by atoms with Gasteiger partial charge in [0.2, 0.25) is 10.0 Å². The summed E-state index contributed by atoms with van der Waals surface area (Å²) in [6, 6.07) is 3.24. The molecule has 1 aromatic rings. The van der Waals surface area contributed by atoms with E-state index < -0.39 is 10.0 Å². The van der Waals surface area contributed by atoms with Gasteiger partial charge >= 0.3 is 0 Å². The van der Waals surface area contributed by atoms with Gasteiger partial charge in [-0.05, 0) is 26.0 Å². The molecule has 0 saturated heterocycles. The lowest BCUT2D eigenvalue weighted by molar-refractivity contribution is 0.182. The number of halogens is 1. The molecule has 0 bridgehead atoms. The van der Waals surface area contributed by atoms with Gasteiger partial charge in [-0.15, -0.1) is 0 Å². The summed E-state index contributed by atoms with van der Waals surface area (Å²) in [6.45, 7) is 7.98. The first-order valence-electron chi connectivity index (χ1n) is 5.95. The largest absolute Gasteiger partial charge is 0.495 e. The Morgan fingerprint density at radius 3 is 2.65 bits per heavy atom. The van der Waals surface area contributed by atoms with Crippen LogP contribution in [0, 0.1) is 6.92 Å². The second kappa shape index (κ2) is 6.85. The Kier molecular flexibility index (Phi) is 5.71. The molecule has 0 spiro atoms. The fourth-order valence-corrected chi connectivity index (χ4v) is 2.47. The zero-order chi connectivity index (χ0) is 15.3. The van der Waals surface area contributed by atoms with E-state index in [4.69, 9.17) is 21.1 Å². The molecule has 0 aliphatic carbocycles. The van der Waals surface area contributed by atoms with Crippen LogP contribution in [-0.4, -0.2) is 27.9 Å². The highest BCUT2D eigenvalue weighted by Gasteiger charge is 2.13. The molecule has 0 aromatic heterocycles. The fraction of sp³-hybridized carbons (Fsp3) is 0.385. The summed E-state index contributed by atoms with van der Waals surface area (Å²) < 4.78 is 35.7. The van der Waals surface area contributed by atoms with Crippen LogP contribution in [0.1, 0.15) is 12.5 Å². The monoisotopic (exact) mass is 319 g/mol. The van der Waals surface area contributed by atoms with E-state index in [-0.39, 0.29) is 6.61 Å². The molecule has 112 valence electrons. The minimum Gasteiger partial charge on any atom is -0.495 e. The molecule has 0 atom stereocenters. The van der Waals surface area contributed by atoms with Gasteiger partial charge in [-0.2, -0.15) is 0 Å². The summed E-state index contributed by atoms with van der Waals surface area (Å²) in [7, 11) is -3.41. The molecule has 1 N–H and O–H groups in total. The molecule has 0 aliphatic heterocycles. The number of hydrogen-bond acceptors (Lipinski definition) is 4. The van der Waals surface area contributed by atoms with Crippen LogP contribution in [-0.2, 0) is 14.8 Å². The number of anilines is 1. The van der Waals surface area contributed by atoms with Gasteiger partial charge in [0.1, 0.15) is 18.1 Å². The molecule has 5 nitrogen and oxygen atoms in total. The van der Waals surface area contributed by atoms with Crippen LogP contribution in [0.5, 0.6) is 5.75 Å². The fourth-order valence-electron chi connectivity index (χ4n) is 1.53. The molecule has 1 rings (SSSR count). The summed E-state index contributed by atoms with van der Waals surface area (Å²) in [5.41, 5.74) is 0.918. The van der Waals surface area contributed by atoms with E-state index in [1.165, 1.54) is 0 Å². The average Bonchev–Trinajstić information content (AvgIpc) is 2.33. The van der Waals surface area contributed by atoms with Crippen molar-refractivity contribution in [3.63, 3.8) is 0 Å². The highest BCUT2D eigenvalue weighted by Crippen LogP contribution is 2.33. The normalized spacial score (nSPS) is 11.0. The van der Waals surface area contributed by atoms with E-state index in [1.54, 1.807) is 19.1 Å². The summed E-state index contributed by atoms with van der Waals surface area (Å²) in [6.07, 6.45) is 1.06. The molecular weight excluding hydrogens is 302 g/mol. The maximum Gasteiger partial charge on any atom is 0.229 e. The van der Waals surface area contributed by atoms with E-state index >= 15 is 0 Å². The molecule has 0 amide bonds. The Labute approximate surface area is 124 Å². The van der Waals surface area contributed by atoms with Crippen LogP contribution in [0.4, 0.5) is 5.69 Å². The van der Waals surface area contributed by atoms with E-state index in [0.717, 1.165) is 6.26 Å². The van der Waals surface area contributed by atoms with Gasteiger partial charge in [0.25, 0.3) is 0 Å². The van der Waals surface area contributed by atoms with Crippen molar-refractivity contribution in [3.05, 3.63) is 35.1 Å². The van der Waals surface area contributed by atoms with Crippen molar-refractivity contribution in [1.29, 1.82) is 0 Å². The minimum absolute atomic E-state index is 0.189. The first-order valence-corrected chi connectivity index (χ1v) is 8.21. The Morgan fingerprint density at radius 2 is 2.10 bits per heavy atom. The third-order valence-corrected chi connectivity index (χ3v) is 3.28. The number of rotatable bonds is 7. The van der Waals surface area contributed by atoms with Gasteiger partial charge < -0.3 is 9.47 Å². The molecule has 0 aliphatic rings. The van der Waals surface area contributed by atoms with E-state index in [1.807, 2.05) is 6.92 Å². The molecule has 0 unspecified atom stereocenters. The number of nitrogens with one attached hydrogen (secondary N) is 1. The minimum atomic E-state index is -3.41. The van der Waals surface area contributed by atoms with E-state index in [2.05, 4.69) is 11.3 Å². The summed E-state index contributed by atoms with van der Waals surface area (Å²) >= 11 is 6.00. The second-order valence-electron chi connectivity index (χ2n) is 4.18. The Morgan fingerprint density at radius 1 is 1.45 bits per heavy atom. The van der Waals surface area contributed by atoms with Crippen LogP contribution >= 0.6 is 11.6 Å². The standard InChI is InChI=1S/C13H18ClNO4S/c1-5-18-9(2)8-19-12-7-6-11(14)13(10(12)3)15-20(4,16)17/h6-7,15H,2,5,8H2,1,3-4H3. The Bertz CT molecular complexity index is 599. The number of hydrogen-bond donors (Lipinski definition) is 1. The lowest BCUT2D eigenvalue weighted by atomic mass is 10.2. The molecule has 20 heavy (non-hydrogen) atoms. The van der Waals surface area contributed by atoms with Gasteiger partial charge in [0.15, 0.2) is 0 Å². The molecule has 7 heteroatoms. The third-order valence-electron chi connectivity index (χ3n) is 2.39. The molecule has 0 heterocycles. The van der Waals surface area contributed by atoms with Crippen molar-refractivity contribution in [2.24, 2.45) is 0 Å². The molecule has 0 saturated carbocycles. The van der Waals surface area contributed by atoms with Crippen molar-refractivity contribution < 1.29 is 17.9 Å². The van der Waals surface area contributed by atoms with Crippen molar-refractivity contribution in [1.82, 2.24) is 0 Å². The van der Waals surface area contributed by atoms with Crippen molar-refractivity contribution in [3.8, 4) is 5.75 Å². The van der Waals surface area contributed by atoms with Crippen molar-refractivity contribution in [2.45, 2.75) is 13.8 Å². The average molecular weight is 320 g/mol. The third kappa shape index (κ3) is 4.94. The molecule has 1 aromatic carbocycles. The van der Waals surface area contributed by atoms with Crippen LogP contribution in [0.3, 0.4) is 0 Å². The summed E-state index contributed by atoms with van der Waals surface area (Å²) in [5, 5.41) is 0.309. The number of sulfonamides is 1. The van der Waals surface area contributed by atoms with E-state index in [9.17, 15) is 8.42 Å². The van der Waals surface area contributed by atoms with E-state index in [0.29, 0.717) is 34.4 Å². The SMILES string of the molecule is C=C(COc1ccc(Cl)c(NS(C)(=O)=O)c1C)OCC. The lowest BCUT2D eigenvalue weighted by Crippen LogP contribution is -2.12. The highest BCUT2D eigenvalue weighted by atomic mass is 35.5. The number of benzene rings is 1. The zero-order valence-corrected chi connectivity index (χ0v) is 13.3. The Balaban J connectivity index is 2.94. The molecule has 0 fully saturated rings. The topological polar surface area (TPSA) is 64.6 Å². The maximum atomic E-state index is 11.3. The Hall–Kier alpha value is -1.40. The van der Waals surface area contributed by atoms with Crippen LogP contribution in [0.15, 0.2) is 24.5 Å². The van der Waals surface area contributed by atoms with Crippen LogP contribution in [0.25, 0.3) is 0 Å². The maximum absolute atomic E-state index is 11.3. The smallest absolute Gasteiger partial charge is 0.229 e. The summed E-state index contributed by atoms with van der Waals surface area (Å²) in [5.74, 6) is 1.01. The van der Waals surface area contributed by atoms with Gasteiger partial charge in [0.05, 0.1) is 23.6 Å². The van der Waals surface area contributed by atoms with Crippen LogP contribution in [0.2, 0.25) is 5.02 Å². The van der Waals surface area contributed by atoms with Crippen molar-refractivity contribution >= 4 is 27.3 Å². The van der Waals surface area contributed by atoms with Crippen molar-refractivity contribution in [2.75, 3.05) is 24.2 Å². The highest BCUT2D eigenvalue weighted by molar-refractivity contribution is 7.92. The summed E-state index contributed by atoms with van der Waals surface area (Å²) in [4.78, 5) is 0. The van der Waals surface area contributed by atoms with Gasteiger partial charge in [-0.1, -0.05) is 18.2 Å². The second-order valence-corrected chi connectivity index (χ2v) is 6.34. The van der Waals surface area contributed by atoms with Gasteiger partial charge in [-0.3, -0.25) is 4.72 Å². The number of ether oxygens (including phenoxy) is 2. The van der Waals surface area contributed by atoms with Crippen LogP contribution < -0.4 is 9.46 Å². The van der Waals surface area contributed by atoms with Gasteiger partial charge in [-0.25, -0.2) is 8.42 Å². The molecule has 0 radical (unpaired) electrons.